The van der Waals surface area contributed by atoms with E-state index in [9.17, 15) is 19.2 Å². The first kappa shape index (κ1) is 44.4. The molecule has 4 amide bonds. The molecule has 312 valence electrons. The maximum atomic E-state index is 12.9. The van der Waals surface area contributed by atoms with Crippen LogP contribution in [0.4, 0.5) is 22.7 Å². The highest BCUT2D eigenvalue weighted by Gasteiger charge is 2.16. The molecule has 4 aromatic rings. The van der Waals surface area contributed by atoms with Crippen molar-refractivity contribution in [3.8, 4) is 0 Å². The van der Waals surface area contributed by atoms with Crippen molar-refractivity contribution in [2.45, 2.75) is 51.7 Å². The SMILES string of the molecule is O=C(CCCC(=O)Nc1cccc(Sc2ccc(Cl)cc2NC(=O)CCN2CCNCC2)c1)Nc1cccc(Sc2ccc(Cl)cc2NC(=O)CCN2CCNCC2)c1. The van der Waals surface area contributed by atoms with E-state index in [4.69, 9.17) is 23.2 Å². The highest BCUT2D eigenvalue weighted by atomic mass is 35.5. The standard InChI is InChI=1S/C43H50Cl2N8O4S2/c44-30-10-12-38(36(26-30)50-42(56)14-20-52-22-16-46-17-23-52)58-34-6-1-4-32(28-34)48-40(54)8-3-9-41(55)49-33-5-2-7-35(29-33)59-39-13-11-31(45)27-37(39)51-43(57)15-21-53-24-18-47-19-25-53/h1-2,4-7,10-13,26-29,46-47H,3,8-9,14-25H2,(H,48,54)(H,49,55)(H,50,56)(H,51,57). The van der Waals surface area contributed by atoms with Crippen molar-refractivity contribution in [2.24, 2.45) is 0 Å². The van der Waals surface area contributed by atoms with Gasteiger partial charge < -0.3 is 41.7 Å². The van der Waals surface area contributed by atoms with E-state index < -0.39 is 0 Å². The van der Waals surface area contributed by atoms with Crippen LogP contribution in [-0.2, 0) is 19.2 Å². The first-order valence-electron chi connectivity index (χ1n) is 19.9. The molecular weight excluding hydrogens is 828 g/mol. The molecule has 12 nitrogen and oxygen atoms in total. The van der Waals surface area contributed by atoms with Crippen LogP contribution in [0.3, 0.4) is 0 Å². The minimum absolute atomic E-state index is 0.0714. The summed E-state index contributed by atoms with van der Waals surface area (Å²) in [7, 11) is 0. The zero-order chi connectivity index (χ0) is 41.4. The van der Waals surface area contributed by atoms with Gasteiger partial charge in [0.05, 0.1) is 11.4 Å². The predicted molar refractivity (Wildman–Crippen MR) is 240 cm³/mol. The van der Waals surface area contributed by atoms with Gasteiger partial charge in [0.1, 0.15) is 0 Å². The predicted octanol–water partition coefficient (Wildman–Crippen LogP) is 7.51. The minimum atomic E-state index is -0.197. The van der Waals surface area contributed by atoms with Crippen LogP contribution in [-0.4, -0.2) is 98.9 Å². The molecule has 0 unspecified atom stereocenters. The fourth-order valence-corrected chi connectivity index (χ4v) is 8.81. The van der Waals surface area contributed by atoms with Crippen LogP contribution in [0.2, 0.25) is 10.0 Å². The number of carbonyl (C=O) groups is 4. The Kier molecular flexibility index (Phi) is 17.3. The van der Waals surface area contributed by atoms with E-state index in [1.165, 1.54) is 23.5 Å². The van der Waals surface area contributed by atoms with E-state index in [2.05, 4.69) is 41.7 Å². The van der Waals surface area contributed by atoms with E-state index >= 15 is 0 Å². The number of benzene rings is 4. The highest BCUT2D eigenvalue weighted by Crippen LogP contribution is 2.37. The quantitative estimate of drug-likeness (QED) is 0.0594. The average Bonchev–Trinajstić information content (AvgIpc) is 3.22. The maximum Gasteiger partial charge on any atom is 0.225 e. The van der Waals surface area contributed by atoms with Gasteiger partial charge in [-0.3, -0.25) is 19.2 Å². The Balaban J connectivity index is 0.944. The van der Waals surface area contributed by atoms with Gasteiger partial charge in [-0.15, -0.1) is 0 Å². The first-order chi connectivity index (χ1) is 28.6. The molecule has 6 rings (SSSR count). The molecule has 0 spiro atoms. The van der Waals surface area contributed by atoms with Gasteiger partial charge in [-0.1, -0.05) is 58.9 Å². The fourth-order valence-electron chi connectivity index (χ4n) is 6.58. The molecule has 6 N–H and O–H groups in total. The lowest BCUT2D eigenvalue weighted by molar-refractivity contribution is -0.118. The molecule has 4 aromatic carbocycles. The van der Waals surface area contributed by atoms with E-state index in [1.807, 2.05) is 60.7 Å². The summed E-state index contributed by atoms with van der Waals surface area (Å²) in [4.78, 5) is 59.4. The van der Waals surface area contributed by atoms with Crippen LogP contribution in [0.1, 0.15) is 32.1 Å². The number of hydrogen-bond acceptors (Lipinski definition) is 10. The van der Waals surface area contributed by atoms with Crippen LogP contribution in [0.15, 0.2) is 105 Å². The fraction of sp³-hybridized carbons (Fsp3) is 0.349. The summed E-state index contributed by atoms with van der Waals surface area (Å²) in [6.45, 7) is 8.84. The second-order valence-electron chi connectivity index (χ2n) is 14.3. The van der Waals surface area contributed by atoms with E-state index in [-0.39, 0.29) is 36.5 Å². The van der Waals surface area contributed by atoms with Crippen molar-refractivity contribution in [1.82, 2.24) is 20.4 Å². The van der Waals surface area contributed by atoms with Gasteiger partial charge in [0.25, 0.3) is 0 Å². The van der Waals surface area contributed by atoms with Gasteiger partial charge in [0.2, 0.25) is 23.6 Å². The zero-order valence-electron chi connectivity index (χ0n) is 32.8. The average molecular weight is 878 g/mol. The van der Waals surface area contributed by atoms with Crippen molar-refractivity contribution in [3.63, 3.8) is 0 Å². The number of hydrogen-bond donors (Lipinski definition) is 6. The highest BCUT2D eigenvalue weighted by molar-refractivity contribution is 7.99. The van der Waals surface area contributed by atoms with Crippen molar-refractivity contribution >= 4 is 93.1 Å². The number of anilines is 4. The third-order valence-electron chi connectivity index (χ3n) is 9.66. The second-order valence-corrected chi connectivity index (χ2v) is 17.4. The van der Waals surface area contributed by atoms with Crippen LogP contribution < -0.4 is 31.9 Å². The Morgan fingerprint density at radius 1 is 0.525 bits per heavy atom. The Labute approximate surface area is 364 Å². The lowest BCUT2D eigenvalue weighted by Crippen LogP contribution is -2.44. The third kappa shape index (κ3) is 15.1. The topological polar surface area (TPSA) is 147 Å². The Hall–Kier alpha value is -4.12. The zero-order valence-corrected chi connectivity index (χ0v) is 35.9. The van der Waals surface area contributed by atoms with Crippen LogP contribution >= 0.6 is 46.7 Å². The number of halogens is 2. The summed E-state index contributed by atoms with van der Waals surface area (Å²) < 4.78 is 0. The normalized spacial score (nSPS) is 14.7. The minimum Gasteiger partial charge on any atom is -0.326 e. The molecule has 2 aliphatic rings. The number of amides is 4. The van der Waals surface area contributed by atoms with Gasteiger partial charge in [0.15, 0.2) is 0 Å². The van der Waals surface area contributed by atoms with E-state index in [1.54, 1.807) is 24.3 Å². The molecule has 0 bridgehead atoms. The van der Waals surface area contributed by atoms with E-state index in [0.29, 0.717) is 65.1 Å². The summed E-state index contributed by atoms with van der Waals surface area (Å²) >= 11 is 15.5. The molecule has 2 heterocycles. The second kappa shape index (κ2) is 23.0. The van der Waals surface area contributed by atoms with Crippen LogP contribution in [0, 0.1) is 0 Å². The number of carbonyl (C=O) groups excluding carboxylic acids is 4. The van der Waals surface area contributed by atoms with Gasteiger partial charge in [-0.2, -0.15) is 0 Å². The molecule has 2 fully saturated rings. The van der Waals surface area contributed by atoms with Crippen molar-refractivity contribution in [3.05, 3.63) is 95.0 Å². The number of nitrogens with one attached hydrogen (secondary N) is 6. The molecular formula is C43H50Cl2N8O4S2. The Morgan fingerprint density at radius 2 is 0.932 bits per heavy atom. The van der Waals surface area contributed by atoms with Crippen LogP contribution in [0.5, 0.6) is 0 Å². The Morgan fingerprint density at radius 3 is 1.36 bits per heavy atom. The molecule has 0 radical (unpaired) electrons. The summed E-state index contributed by atoms with van der Waals surface area (Å²) in [6, 6.07) is 25.8. The summed E-state index contributed by atoms with van der Waals surface area (Å²) in [5.41, 5.74) is 2.54. The van der Waals surface area contributed by atoms with Gasteiger partial charge >= 0.3 is 0 Å². The monoisotopic (exact) mass is 876 g/mol. The largest absolute Gasteiger partial charge is 0.326 e. The third-order valence-corrected chi connectivity index (χ3v) is 12.3. The molecule has 0 saturated carbocycles. The van der Waals surface area contributed by atoms with Crippen molar-refractivity contribution < 1.29 is 19.2 Å². The first-order valence-corrected chi connectivity index (χ1v) is 22.2. The van der Waals surface area contributed by atoms with E-state index in [0.717, 1.165) is 71.9 Å². The van der Waals surface area contributed by atoms with Gasteiger partial charge in [-0.25, -0.2) is 0 Å². The van der Waals surface area contributed by atoms with Gasteiger partial charge in [0, 0.05) is 132 Å². The molecule has 0 aromatic heterocycles. The molecule has 2 saturated heterocycles. The maximum absolute atomic E-state index is 12.9. The van der Waals surface area contributed by atoms with Crippen LogP contribution in [0.25, 0.3) is 0 Å². The summed E-state index contributed by atoms with van der Waals surface area (Å²) in [5, 5.41) is 19.6. The number of nitrogens with zero attached hydrogens (tertiary/aromatic N) is 2. The van der Waals surface area contributed by atoms with Gasteiger partial charge in [-0.05, 0) is 79.2 Å². The van der Waals surface area contributed by atoms with Crippen molar-refractivity contribution in [1.29, 1.82) is 0 Å². The molecule has 59 heavy (non-hydrogen) atoms. The smallest absolute Gasteiger partial charge is 0.225 e. The summed E-state index contributed by atoms with van der Waals surface area (Å²) in [6.07, 6.45) is 1.48. The molecule has 2 aliphatic heterocycles. The Bertz CT molecular complexity index is 1940. The lowest BCUT2D eigenvalue weighted by atomic mass is 10.2. The summed E-state index contributed by atoms with van der Waals surface area (Å²) in [5.74, 6) is -0.537. The number of rotatable bonds is 18. The molecule has 16 heteroatoms. The lowest BCUT2D eigenvalue weighted by Gasteiger charge is -2.26. The molecule has 0 atom stereocenters. The molecule has 0 aliphatic carbocycles. The number of piperazine rings is 2. The van der Waals surface area contributed by atoms with Crippen molar-refractivity contribution in [2.75, 3.05) is 86.7 Å².